The number of ether oxygens (including phenoxy) is 2. The molecule has 0 saturated carbocycles. The second-order valence-electron chi connectivity index (χ2n) is 16.7. The lowest BCUT2D eigenvalue weighted by Gasteiger charge is -2.20. The fourth-order valence-corrected chi connectivity index (χ4v) is 7.80. The lowest BCUT2D eigenvalue weighted by molar-refractivity contribution is -0.154. The van der Waals surface area contributed by atoms with E-state index in [-0.39, 0.29) is 38.8 Å². The zero-order valence-corrected chi connectivity index (χ0v) is 40.5. The second-order valence-corrected chi connectivity index (χ2v) is 18.1. The first-order chi connectivity index (χ1) is 29.9. The number of esters is 1. The Labute approximate surface area is 376 Å². The summed E-state index contributed by atoms with van der Waals surface area (Å²) in [7, 11) is -4.30. The van der Waals surface area contributed by atoms with Crippen LogP contribution in [0.25, 0.3) is 0 Å². The van der Waals surface area contributed by atoms with E-state index in [2.05, 4.69) is 74.6 Å². The van der Waals surface area contributed by atoms with Crippen LogP contribution in [-0.2, 0) is 27.9 Å². The minimum Gasteiger partial charge on any atom is -0.457 e. The number of carbonyl (C=O) groups excluding carboxylic acids is 1. The van der Waals surface area contributed by atoms with Crippen molar-refractivity contribution in [2.45, 2.75) is 232 Å². The van der Waals surface area contributed by atoms with Crippen molar-refractivity contribution >= 4 is 13.8 Å². The third-order valence-corrected chi connectivity index (χ3v) is 11.7. The van der Waals surface area contributed by atoms with Crippen molar-refractivity contribution in [2.24, 2.45) is 5.73 Å². The first-order valence-electron chi connectivity index (χ1n) is 25.3. The van der Waals surface area contributed by atoms with Crippen LogP contribution in [0, 0.1) is 0 Å². The molecule has 0 fully saturated rings. The number of phosphoric acid groups is 1. The van der Waals surface area contributed by atoms with Gasteiger partial charge in [-0.15, -0.1) is 0 Å². The van der Waals surface area contributed by atoms with Gasteiger partial charge in [0, 0.05) is 19.6 Å². The number of rotatable bonds is 48. The largest absolute Gasteiger partial charge is 0.472 e. The average Bonchev–Trinajstić information content (AvgIpc) is 3.25. The molecule has 0 amide bonds. The molecule has 0 aromatic heterocycles. The van der Waals surface area contributed by atoms with Crippen LogP contribution in [-0.4, -0.2) is 49.9 Å². The zero-order chi connectivity index (χ0) is 44.4. The summed E-state index contributed by atoms with van der Waals surface area (Å²) in [5.41, 5.74) is 5.38. The van der Waals surface area contributed by atoms with E-state index in [1.54, 1.807) is 0 Å². The van der Waals surface area contributed by atoms with Crippen LogP contribution in [0.15, 0.2) is 60.8 Å². The SMILES string of the molecule is CC/C=C\C/C=C\C/C=C\C/C=C\C/C=C\CCCC(=O)OC(COCCCCCCCCCCCCCCCCCCCCCCCCCCC)COP(=O)(O)OCCN. The molecule has 2 atom stereocenters. The predicted molar refractivity (Wildman–Crippen MR) is 261 cm³/mol. The van der Waals surface area contributed by atoms with Crippen LogP contribution < -0.4 is 5.73 Å². The van der Waals surface area contributed by atoms with E-state index in [9.17, 15) is 14.3 Å². The highest BCUT2D eigenvalue weighted by Crippen LogP contribution is 2.43. The molecule has 0 aromatic rings. The maximum atomic E-state index is 12.6. The fourth-order valence-electron chi connectivity index (χ4n) is 7.03. The Hall–Kier alpha value is -1.80. The van der Waals surface area contributed by atoms with Crippen molar-refractivity contribution in [1.82, 2.24) is 0 Å². The average molecular weight is 878 g/mol. The molecule has 0 spiro atoms. The molecule has 3 N–H and O–H groups in total. The van der Waals surface area contributed by atoms with E-state index in [1.165, 1.54) is 148 Å². The monoisotopic (exact) mass is 878 g/mol. The van der Waals surface area contributed by atoms with E-state index >= 15 is 0 Å². The number of hydrogen-bond donors (Lipinski definition) is 2. The van der Waals surface area contributed by atoms with E-state index < -0.39 is 13.9 Å². The van der Waals surface area contributed by atoms with Gasteiger partial charge in [0.05, 0.1) is 19.8 Å². The molecule has 356 valence electrons. The Bertz CT molecular complexity index is 1120. The lowest BCUT2D eigenvalue weighted by Crippen LogP contribution is -2.28. The van der Waals surface area contributed by atoms with Crippen molar-refractivity contribution in [1.29, 1.82) is 0 Å². The van der Waals surface area contributed by atoms with Gasteiger partial charge in [0.1, 0.15) is 6.10 Å². The van der Waals surface area contributed by atoms with E-state index in [0.717, 1.165) is 51.4 Å². The van der Waals surface area contributed by atoms with Crippen LogP contribution >= 0.6 is 7.82 Å². The van der Waals surface area contributed by atoms with Crippen LogP contribution in [0.5, 0.6) is 0 Å². The number of phosphoric ester groups is 1. The Morgan fingerprint density at radius 2 is 0.902 bits per heavy atom. The molecule has 0 heterocycles. The maximum Gasteiger partial charge on any atom is 0.472 e. The molecular weight excluding hydrogens is 782 g/mol. The highest BCUT2D eigenvalue weighted by Gasteiger charge is 2.25. The van der Waals surface area contributed by atoms with Crippen molar-refractivity contribution in [3.63, 3.8) is 0 Å². The first-order valence-corrected chi connectivity index (χ1v) is 26.8. The molecule has 9 heteroatoms. The number of allylic oxidation sites excluding steroid dienone is 10. The Morgan fingerprint density at radius 1 is 0.508 bits per heavy atom. The fraction of sp³-hybridized carbons (Fsp3) is 0.788. The third kappa shape index (κ3) is 49.1. The van der Waals surface area contributed by atoms with Crippen LogP contribution in [0.4, 0.5) is 0 Å². The van der Waals surface area contributed by atoms with E-state index in [4.69, 9.17) is 24.3 Å². The molecule has 0 aliphatic rings. The lowest BCUT2D eigenvalue weighted by atomic mass is 10.0. The van der Waals surface area contributed by atoms with Gasteiger partial charge in [-0.1, -0.05) is 229 Å². The van der Waals surface area contributed by atoms with E-state index in [1.807, 2.05) is 0 Å². The quantitative estimate of drug-likeness (QED) is 0.0269. The molecule has 0 aliphatic heterocycles. The predicted octanol–water partition coefficient (Wildman–Crippen LogP) is 15.7. The number of nitrogens with two attached hydrogens (primary N) is 1. The van der Waals surface area contributed by atoms with Gasteiger partial charge in [-0.25, -0.2) is 4.57 Å². The highest BCUT2D eigenvalue weighted by molar-refractivity contribution is 7.47. The van der Waals surface area contributed by atoms with Crippen molar-refractivity contribution < 1.29 is 32.8 Å². The molecule has 0 radical (unpaired) electrons. The highest BCUT2D eigenvalue weighted by atomic mass is 31.2. The molecule has 0 rings (SSSR count). The molecule has 0 saturated heterocycles. The van der Waals surface area contributed by atoms with Crippen molar-refractivity contribution in [3.05, 3.63) is 60.8 Å². The number of hydrogen-bond acceptors (Lipinski definition) is 7. The Morgan fingerprint density at radius 3 is 1.31 bits per heavy atom. The molecule has 61 heavy (non-hydrogen) atoms. The standard InChI is InChI=1S/C52H96NO7P/c1-3-5-7-9-11-13-15-17-19-21-22-23-24-25-26-27-28-30-32-34-36-38-40-42-44-47-57-49-51(50-59-61(55,56)58-48-46-53)60-52(54)45-43-41-39-37-35-33-31-29-20-18-16-14-12-10-8-6-4-2/h6,8,12,14,18,20,31,33,37,39,51H,3-5,7,9-11,13,15-17,19,21-30,32,34-36,38,40-50,53H2,1-2H3,(H,55,56)/b8-6-,14-12-,20-18-,33-31-,39-37-. The van der Waals surface area contributed by atoms with Gasteiger partial charge in [0.2, 0.25) is 0 Å². The number of unbranched alkanes of at least 4 members (excludes halogenated alkanes) is 25. The van der Waals surface area contributed by atoms with Gasteiger partial charge < -0.3 is 20.1 Å². The van der Waals surface area contributed by atoms with Crippen LogP contribution in [0.2, 0.25) is 0 Å². The van der Waals surface area contributed by atoms with Crippen molar-refractivity contribution in [2.75, 3.05) is 33.0 Å². The van der Waals surface area contributed by atoms with Crippen LogP contribution in [0.3, 0.4) is 0 Å². The summed E-state index contributed by atoms with van der Waals surface area (Å²) >= 11 is 0. The van der Waals surface area contributed by atoms with Gasteiger partial charge in [-0.05, 0) is 51.4 Å². The topological polar surface area (TPSA) is 117 Å². The smallest absolute Gasteiger partial charge is 0.457 e. The summed E-state index contributed by atoms with van der Waals surface area (Å²) in [6.07, 6.45) is 61.3. The van der Waals surface area contributed by atoms with Gasteiger partial charge in [0.15, 0.2) is 0 Å². The van der Waals surface area contributed by atoms with E-state index in [0.29, 0.717) is 13.0 Å². The molecule has 2 unspecified atom stereocenters. The minimum atomic E-state index is -4.30. The summed E-state index contributed by atoms with van der Waals surface area (Å²) < 4.78 is 33.5. The molecule has 0 aliphatic carbocycles. The first kappa shape index (κ1) is 59.2. The Kier molecular flexibility index (Phi) is 47.8. The molecular formula is C52H96NO7P. The molecule has 0 bridgehead atoms. The Balaban J connectivity index is 3.95. The van der Waals surface area contributed by atoms with Gasteiger partial charge in [-0.3, -0.25) is 13.8 Å². The van der Waals surface area contributed by atoms with Gasteiger partial charge in [-0.2, -0.15) is 0 Å². The minimum absolute atomic E-state index is 0.0902. The summed E-state index contributed by atoms with van der Waals surface area (Å²) in [5, 5.41) is 0. The maximum absolute atomic E-state index is 12.6. The normalized spacial score (nSPS) is 13.8. The molecule has 0 aromatic carbocycles. The van der Waals surface area contributed by atoms with Gasteiger partial charge >= 0.3 is 13.8 Å². The van der Waals surface area contributed by atoms with Gasteiger partial charge in [0.25, 0.3) is 0 Å². The summed E-state index contributed by atoms with van der Waals surface area (Å²) in [6.45, 7) is 4.76. The summed E-state index contributed by atoms with van der Waals surface area (Å²) in [6, 6.07) is 0. The summed E-state index contributed by atoms with van der Waals surface area (Å²) in [5.74, 6) is -0.384. The number of carbonyl (C=O) groups is 1. The zero-order valence-electron chi connectivity index (χ0n) is 39.6. The summed E-state index contributed by atoms with van der Waals surface area (Å²) in [4.78, 5) is 22.5. The third-order valence-electron chi connectivity index (χ3n) is 10.7. The second kappa shape index (κ2) is 49.2. The van der Waals surface area contributed by atoms with Crippen LogP contribution in [0.1, 0.15) is 226 Å². The molecule has 8 nitrogen and oxygen atoms in total. The van der Waals surface area contributed by atoms with Crippen molar-refractivity contribution in [3.8, 4) is 0 Å².